The molecule has 2 aliphatic rings. The van der Waals surface area contributed by atoms with E-state index in [1.54, 1.807) is 0 Å². The highest BCUT2D eigenvalue weighted by molar-refractivity contribution is 6.31. The van der Waals surface area contributed by atoms with E-state index < -0.39 is 16.7 Å². The Morgan fingerprint density at radius 3 is 2.12 bits per heavy atom. The first-order valence-electron chi connectivity index (χ1n) is 9.76. The average molecular weight is 375 g/mol. The topological polar surface area (TPSA) is 0 Å². The van der Waals surface area contributed by atoms with Crippen molar-refractivity contribution < 1.29 is 8.78 Å². The first-order chi connectivity index (χ1) is 12.5. The highest BCUT2D eigenvalue weighted by atomic mass is 35.5. The smallest absolute Gasteiger partial charge is 0.145 e. The first-order valence-corrected chi connectivity index (χ1v) is 10.1. The average Bonchev–Trinajstić information content (AvgIpc) is 2.65. The third-order valence-electron chi connectivity index (χ3n) is 6.57. The number of fused-ring (bicyclic) bond motifs is 1. The van der Waals surface area contributed by atoms with Gasteiger partial charge in [0.15, 0.2) is 0 Å². The van der Waals surface area contributed by atoms with Gasteiger partial charge in [-0.25, -0.2) is 8.78 Å². The maximum Gasteiger partial charge on any atom is 0.145 e. The van der Waals surface area contributed by atoms with Gasteiger partial charge in [-0.2, -0.15) is 0 Å². The van der Waals surface area contributed by atoms with Crippen LogP contribution in [0.15, 0.2) is 36.4 Å². The minimum Gasteiger partial charge on any atom is -0.205 e. The summed E-state index contributed by atoms with van der Waals surface area (Å²) in [4.78, 5) is 0. The molecule has 26 heavy (non-hydrogen) atoms. The molecule has 138 valence electrons. The molecule has 2 aliphatic carbocycles. The molecule has 2 saturated carbocycles. The Morgan fingerprint density at radius 1 is 0.808 bits per heavy atom. The van der Waals surface area contributed by atoms with E-state index in [2.05, 4.69) is 19.1 Å². The molecule has 0 spiro atoms. The molecule has 2 aromatic carbocycles. The quantitative estimate of drug-likeness (QED) is 0.474. The summed E-state index contributed by atoms with van der Waals surface area (Å²) in [6, 6.07) is 10.8. The standard InChI is InChI=1S/C23H25ClF2/c1-14-2-3-19-11-18(9-8-17(19)10-14)15-4-6-16(7-5-15)20-12-21(25)23(24)22(26)13-20/h4-7,12-14,17-19H,2-3,8-11H2,1H3. The molecule has 0 heterocycles. The molecule has 2 fully saturated rings. The van der Waals surface area contributed by atoms with Crippen LogP contribution in [0.2, 0.25) is 5.02 Å². The molecule has 0 aromatic heterocycles. The van der Waals surface area contributed by atoms with Gasteiger partial charge in [0, 0.05) is 0 Å². The van der Waals surface area contributed by atoms with Crippen molar-refractivity contribution in [2.75, 3.05) is 0 Å². The molecule has 0 bridgehead atoms. The number of halogens is 3. The van der Waals surface area contributed by atoms with Crippen LogP contribution in [0.1, 0.15) is 56.9 Å². The van der Waals surface area contributed by atoms with Gasteiger partial charge in [-0.15, -0.1) is 0 Å². The van der Waals surface area contributed by atoms with E-state index >= 15 is 0 Å². The fraction of sp³-hybridized carbons (Fsp3) is 0.478. The Balaban J connectivity index is 1.50. The summed E-state index contributed by atoms with van der Waals surface area (Å²) in [5, 5.41) is -0.441. The number of benzene rings is 2. The van der Waals surface area contributed by atoms with Crippen LogP contribution in [0.5, 0.6) is 0 Å². The maximum absolute atomic E-state index is 13.7. The normalized spacial score (nSPS) is 28.6. The molecule has 4 unspecified atom stereocenters. The fourth-order valence-corrected chi connectivity index (χ4v) is 5.21. The van der Waals surface area contributed by atoms with Gasteiger partial charge in [0.2, 0.25) is 0 Å². The Morgan fingerprint density at radius 2 is 1.42 bits per heavy atom. The van der Waals surface area contributed by atoms with Gasteiger partial charge in [0.25, 0.3) is 0 Å². The van der Waals surface area contributed by atoms with Crippen LogP contribution in [0.25, 0.3) is 11.1 Å². The number of hydrogen-bond donors (Lipinski definition) is 0. The summed E-state index contributed by atoms with van der Waals surface area (Å²) in [6.07, 6.45) is 8.06. The maximum atomic E-state index is 13.7. The molecular formula is C23H25ClF2. The first kappa shape index (κ1) is 18.0. The van der Waals surface area contributed by atoms with Crippen LogP contribution in [-0.4, -0.2) is 0 Å². The lowest BCUT2D eigenvalue weighted by Gasteiger charge is -2.41. The van der Waals surface area contributed by atoms with E-state index in [0.717, 1.165) is 23.3 Å². The molecule has 0 amide bonds. The fourth-order valence-electron chi connectivity index (χ4n) is 5.10. The number of hydrogen-bond acceptors (Lipinski definition) is 0. The summed E-state index contributed by atoms with van der Waals surface area (Å²) >= 11 is 5.58. The van der Waals surface area contributed by atoms with Crippen molar-refractivity contribution in [3.8, 4) is 11.1 Å². The second-order valence-corrected chi connectivity index (χ2v) is 8.70. The van der Waals surface area contributed by atoms with Gasteiger partial charge in [-0.05, 0) is 84.6 Å². The largest absolute Gasteiger partial charge is 0.205 e. The van der Waals surface area contributed by atoms with Crippen molar-refractivity contribution in [3.63, 3.8) is 0 Å². The predicted octanol–water partition coefficient (Wildman–Crippen LogP) is 7.61. The van der Waals surface area contributed by atoms with Crippen molar-refractivity contribution in [1.82, 2.24) is 0 Å². The lowest BCUT2D eigenvalue weighted by atomic mass is 9.64. The predicted molar refractivity (Wildman–Crippen MR) is 103 cm³/mol. The molecular weight excluding hydrogens is 350 g/mol. The van der Waals surface area contributed by atoms with Crippen molar-refractivity contribution in [2.24, 2.45) is 17.8 Å². The van der Waals surface area contributed by atoms with Crippen molar-refractivity contribution >= 4 is 11.6 Å². The van der Waals surface area contributed by atoms with Gasteiger partial charge in [-0.1, -0.05) is 49.2 Å². The van der Waals surface area contributed by atoms with Gasteiger partial charge < -0.3 is 0 Å². The second-order valence-electron chi connectivity index (χ2n) is 8.32. The second kappa shape index (κ2) is 7.31. The van der Waals surface area contributed by atoms with Crippen molar-refractivity contribution in [1.29, 1.82) is 0 Å². The zero-order valence-corrected chi connectivity index (χ0v) is 15.9. The van der Waals surface area contributed by atoms with Gasteiger partial charge in [0.05, 0.1) is 0 Å². The summed E-state index contributed by atoms with van der Waals surface area (Å²) in [7, 11) is 0. The Bertz CT molecular complexity index is 760. The van der Waals surface area contributed by atoms with Crippen LogP contribution < -0.4 is 0 Å². The summed E-state index contributed by atoms with van der Waals surface area (Å²) in [6.45, 7) is 2.39. The van der Waals surface area contributed by atoms with Gasteiger partial charge in [-0.3, -0.25) is 0 Å². The van der Waals surface area contributed by atoms with E-state index in [-0.39, 0.29) is 0 Å². The SMILES string of the molecule is CC1CCC2CC(c3ccc(-c4cc(F)c(Cl)c(F)c4)cc3)CCC2C1. The van der Waals surface area contributed by atoms with Crippen LogP contribution in [0.3, 0.4) is 0 Å². The van der Waals surface area contributed by atoms with E-state index in [9.17, 15) is 8.78 Å². The van der Waals surface area contributed by atoms with Gasteiger partial charge >= 0.3 is 0 Å². The Kier molecular flexibility index (Phi) is 5.05. The van der Waals surface area contributed by atoms with Crippen LogP contribution in [0.4, 0.5) is 8.78 Å². The van der Waals surface area contributed by atoms with Crippen LogP contribution in [-0.2, 0) is 0 Å². The molecule has 0 saturated heterocycles. The van der Waals surface area contributed by atoms with E-state index in [0.29, 0.717) is 11.5 Å². The monoisotopic (exact) mass is 374 g/mol. The van der Waals surface area contributed by atoms with Crippen molar-refractivity contribution in [3.05, 3.63) is 58.6 Å². The number of rotatable bonds is 2. The Hall–Kier alpha value is -1.41. The molecule has 4 rings (SSSR count). The van der Waals surface area contributed by atoms with E-state index in [1.807, 2.05) is 12.1 Å². The summed E-state index contributed by atoms with van der Waals surface area (Å²) in [5.74, 6) is 1.90. The lowest BCUT2D eigenvalue weighted by Crippen LogP contribution is -2.29. The molecule has 0 radical (unpaired) electrons. The minimum atomic E-state index is -0.712. The Labute approximate surface area is 159 Å². The van der Waals surface area contributed by atoms with Gasteiger partial charge in [0.1, 0.15) is 16.7 Å². The zero-order valence-electron chi connectivity index (χ0n) is 15.2. The zero-order chi connectivity index (χ0) is 18.3. The lowest BCUT2D eigenvalue weighted by molar-refractivity contribution is 0.124. The molecule has 3 heteroatoms. The third kappa shape index (κ3) is 3.53. The molecule has 0 aliphatic heterocycles. The summed E-state index contributed by atoms with van der Waals surface area (Å²) in [5.41, 5.74) is 2.71. The molecule has 4 atom stereocenters. The van der Waals surface area contributed by atoms with Crippen LogP contribution >= 0.6 is 11.6 Å². The van der Waals surface area contributed by atoms with Crippen LogP contribution in [0, 0.1) is 29.4 Å². The highest BCUT2D eigenvalue weighted by Gasteiger charge is 2.34. The summed E-state index contributed by atoms with van der Waals surface area (Å²) < 4.78 is 27.4. The van der Waals surface area contributed by atoms with E-state index in [1.165, 1.54) is 56.2 Å². The third-order valence-corrected chi connectivity index (χ3v) is 6.94. The minimum absolute atomic E-state index is 0.441. The molecule has 2 aromatic rings. The molecule has 0 N–H and O–H groups in total. The molecule has 0 nitrogen and oxygen atoms in total. The van der Waals surface area contributed by atoms with Crippen molar-refractivity contribution in [2.45, 2.75) is 51.4 Å². The highest BCUT2D eigenvalue weighted by Crippen LogP contribution is 2.47. The van der Waals surface area contributed by atoms with E-state index in [4.69, 9.17) is 11.6 Å².